The summed E-state index contributed by atoms with van der Waals surface area (Å²) in [5.41, 5.74) is 2.34. The molecular weight excluding hydrogens is 334 g/mol. The molecule has 1 aromatic heterocycles. The Morgan fingerprint density at radius 2 is 2.12 bits per heavy atom. The summed E-state index contributed by atoms with van der Waals surface area (Å²) in [5, 5.41) is 10.5. The Bertz CT molecular complexity index is 690. The Kier molecular flexibility index (Phi) is 6.48. The maximum absolute atomic E-state index is 12.5. The Morgan fingerprint density at radius 3 is 2.79 bits per heavy atom. The van der Waals surface area contributed by atoms with Gasteiger partial charge in [-0.1, -0.05) is 6.07 Å². The molecule has 5 nitrogen and oxygen atoms in total. The second kappa shape index (κ2) is 8.58. The zero-order chi connectivity index (χ0) is 17.5. The zero-order valence-corrected chi connectivity index (χ0v) is 14.4. The van der Waals surface area contributed by atoms with Crippen molar-refractivity contribution in [1.82, 2.24) is 15.1 Å². The number of hydrogen-bond acceptors (Lipinski definition) is 3. The second-order valence-corrected chi connectivity index (χ2v) is 5.80. The average molecular weight is 354 g/mol. The number of ether oxygens (including phenoxy) is 1. The fraction of sp³-hybridized carbons (Fsp3) is 0.375. The number of rotatable bonds is 7. The molecule has 0 aliphatic carbocycles. The fourth-order valence-corrected chi connectivity index (χ4v) is 2.34. The van der Waals surface area contributed by atoms with Crippen LogP contribution in [-0.4, -0.2) is 28.0 Å². The van der Waals surface area contributed by atoms with Gasteiger partial charge in [0.2, 0.25) is 0 Å². The van der Waals surface area contributed by atoms with Gasteiger partial charge in [-0.05, 0) is 55.7 Å². The SMILES string of the molecule is Cc1ccc(NC(=S)NCCCn2cc(C)cn2)c(OC(F)F)c1. The standard InChI is InChI=1S/C16H20F2N4OS/c1-11-4-5-13(14(8-11)23-15(17)18)21-16(24)19-6-3-7-22-10-12(2)9-20-22/h4-5,8-10,15H,3,6-7H2,1-2H3,(H2,19,21,24). The molecule has 0 fully saturated rings. The minimum atomic E-state index is -2.88. The number of aryl methyl sites for hydroxylation is 3. The van der Waals surface area contributed by atoms with E-state index in [2.05, 4.69) is 20.5 Å². The summed E-state index contributed by atoms with van der Waals surface area (Å²) in [5.74, 6) is 0.0705. The van der Waals surface area contributed by atoms with Gasteiger partial charge in [0.25, 0.3) is 0 Å². The van der Waals surface area contributed by atoms with Crippen molar-refractivity contribution in [2.75, 3.05) is 11.9 Å². The van der Waals surface area contributed by atoms with Gasteiger partial charge in [-0.15, -0.1) is 0 Å². The lowest BCUT2D eigenvalue weighted by molar-refractivity contribution is -0.0493. The number of anilines is 1. The van der Waals surface area contributed by atoms with E-state index in [-0.39, 0.29) is 5.75 Å². The van der Waals surface area contributed by atoms with Crippen molar-refractivity contribution in [1.29, 1.82) is 0 Å². The molecule has 0 aliphatic heterocycles. The van der Waals surface area contributed by atoms with Gasteiger partial charge in [0.1, 0.15) is 5.75 Å². The normalized spacial score (nSPS) is 10.7. The molecule has 0 saturated carbocycles. The molecule has 0 amide bonds. The minimum absolute atomic E-state index is 0.0705. The molecule has 2 aromatic rings. The van der Waals surface area contributed by atoms with Gasteiger partial charge >= 0.3 is 6.61 Å². The summed E-state index contributed by atoms with van der Waals surface area (Å²) in [7, 11) is 0. The largest absolute Gasteiger partial charge is 0.433 e. The van der Waals surface area contributed by atoms with E-state index >= 15 is 0 Å². The van der Waals surface area contributed by atoms with E-state index in [4.69, 9.17) is 12.2 Å². The number of aromatic nitrogens is 2. The number of benzene rings is 1. The van der Waals surface area contributed by atoms with Crippen molar-refractivity contribution in [2.45, 2.75) is 33.4 Å². The number of hydrogen-bond donors (Lipinski definition) is 2. The Labute approximate surface area is 145 Å². The maximum Gasteiger partial charge on any atom is 0.387 e. The topological polar surface area (TPSA) is 51.1 Å². The van der Waals surface area contributed by atoms with Gasteiger partial charge in [-0.25, -0.2) is 0 Å². The van der Waals surface area contributed by atoms with E-state index < -0.39 is 6.61 Å². The number of thiocarbonyl (C=S) groups is 1. The van der Waals surface area contributed by atoms with Gasteiger partial charge in [0.05, 0.1) is 11.9 Å². The number of alkyl halides is 2. The van der Waals surface area contributed by atoms with E-state index in [1.807, 2.05) is 24.0 Å². The molecule has 1 heterocycles. The predicted octanol–water partition coefficient (Wildman–Crippen LogP) is 3.48. The zero-order valence-electron chi connectivity index (χ0n) is 13.6. The monoisotopic (exact) mass is 354 g/mol. The minimum Gasteiger partial charge on any atom is -0.433 e. The van der Waals surface area contributed by atoms with Gasteiger partial charge in [0, 0.05) is 19.3 Å². The van der Waals surface area contributed by atoms with Crippen LogP contribution >= 0.6 is 12.2 Å². The molecule has 2 N–H and O–H groups in total. The Morgan fingerprint density at radius 1 is 1.33 bits per heavy atom. The summed E-state index contributed by atoms with van der Waals surface area (Å²) < 4.78 is 31.3. The van der Waals surface area contributed by atoms with Crippen LogP contribution in [-0.2, 0) is 6.54 Å². The molecule has 0 aliphatic rings. The second-order valence-electron chi connectivity index (χ2n) is 5.39. The molecule has 0 radical (unpaired) electrons. The van der Waals surface area contributed by atoms with E-state index in [1.54, 1.807) is 19.1 Å². The van der Waals surface area contributed by atoms with Crippen LogP contribution in [0.1, 0.15) is 17.5 Å². The van der Waals surface area contributed by atoms with Gasteiger partial charge in [0.15, 0.2) is 5.11 Å². The highest BCUT2D eigenvalue weighted by molar-refractivity contribution is 7.80. The summed E-state index contributed by atoms with van der Waals surface area (Å²) >= 11 is 5.19. The lowest BCUT2D eigenvalue weighted by Gasteiger charge is -2.15. The van der Waals surface area contributed by atoms with Gasteiger partial charge < -0.3 is 15.4 Å². The van der Waals surface area contributed by atoms with Crippen LogP contribution in [0.25, 0.3) is 0 Å². The number of nitrogens with zero attached hydrogens (tertiary/aromatic N) is 2. The van der Waals surface area contributed by atoms with E-state index in [1.165, 1.54) is 6.07 Å². The van der Waals surface area contributed by atoms with Crippen LogP contribution in [0, 0.1) is 13.8 Å². The van der Waals surface area contributed by atoms with E-state index in [0.29, 0.717) is 17.3 Å². The summed E-state index contributed by atoms with van der Waals surface area (Å²) in [6, 6.07) is 4.99. The van der Waals surface area contributed by atoms with Crippen molar-refractivity contribution >= 4 is 23.0 Å². The fourth-order valence-electron chi connectivity index (χ4n) is 2.13. The third-order valence-corrected chi connectivity index (χ3v) is 3.46. The maximum atomic E-state index is 12.5. The molecule has 2 rings (SSSR count). The Balaban J connectivity index is 1.81. The molecule has 130 valence electrons. The van der Waals surface area contributed by atoms with Crippen LogP contribution < -0.4 is 15.4 Å². The molecule has 0 spiro atoms. The molecule has 8 heteroatoms. The van der Waals surface area contributed by atoms with Gasteiger partial charge in [-0.3, -0.25) is 4.68 Å². The highest BCUT2D eigenvalue weighted by Crippen LogP contribution is 2.27. The molecule has 0 bridgehead atoms. The van der Waals surface area contributed by atoms with Crippen LogP contribution in [0.2, 0.25) is 0 Å². The van der Waals surface area contributed by atoms with Crippen molar-refractivity contribution in [2.24, 2.45) is 0 Å². The molecule has 0 saturated heterocycles. The van der Waals surface area contributed by atoms with Crippen molar-refractivity contribution < 1.29 is 13.5 Å². The summed E-state index contributed by atoms with van der Waals surface area (Å²) in [6.07, 6.45) is 4.61. The van der Waals surface area contributed by atoms with Crippen molar-refractivity contribution in [3.63, 3.8) is 0 Å². The van der Waals surface area contributed by atoms with E-state index in [9.17, 15) is 8.78 Å². The van der Waals surface area contributed by atoms with Crippen LogP contribution in [0.3, 0.4) is 0 Å². The average Bonchev–Trinajstić information content (AvgIpc) is 2.91. The first-order valence-electron chi connectivity index (χ1n) is 7.53. The van der Waals surface area contributed by atoms with Crippen LogP contribution in [0.4, 0.5) is 14.5 Å². The third-order valence-electron chi connectivity index (χ3n) is 3.21. The third kappa shape index (κ3) is 5.77. The summed E-state index contributed by atoms with van der Waals surface area (Å²) in [4.78, 5) is 0. The number of halogens is 2. The smallest absolute Gasteiger partial charge is 0.387 e. The first kappa shape index (κ1) is 18.1. The molecule has 1 aromatic carbocycles. The quantitative estimate of drug-likeness (QED) is 0.589. The van der Waals surface area contributed by atoms with Crippen LogP contribution in [0.5, 0.6) is 5.75 Å². The molecule has 0 unspecified atom stereocenters. The number of nitrogens with one attached hydrogen (secondary N) is 2. The highest BCUT2D eigenvalue weighted by Gasteiger charge is 2.11. The van der Waals surface area contributed by atoms with Crippen molar-refractivity contribution in [3.05, 3.63) is 41.7 Å². The van der Waals surface area contributed by atoms with Gasteiger partial charge in [-0.2, -0.15) is 13.9 Å². The predicted molar refractivity (Wildman–Crippen MR) is 93.6 cm³/mol. The Hall–Kier alpha value is -2.22. The molecule has 24 heavy (non-hydrogen) atoms. The summed E-state index contributed by atoms with van der Waals surface area (Å²) in [6.45, 7) is 2.32. The molecular formula is C16H20F2N4OS. The lowest BCUT2D eigenvalue weighted by atomic mass is 10.2. The van der Waals surface area contributed by atoms with E-state index in [0.717, 1.165) is 24.1 Å². The molecule has 0 atom stereocenters. The lowest BCUT2D eigenvalue weighted by Crippen LogP contribution is -2.30. The van der Waals surface area contributed by atoms with Crippen molar-refractivity contribution in [3.8, 4) is 5.75 Å². The van der Waals surface area contributed by atoms with Crippen LogP contribution in [0.15, 0.2) is 30.6 Å². The first-order chi connectivity index (χ1) is 11.4. The first-order valence-corrected chi connectivity index (χ1v) is 7.94. The highest BCUT2D eigenvalue weighted by atomic mass is 32.1.